The maximum absolute atomic E-state index is 10.8. The van der Waals surface area contributed by atoms with Gasteiger partial charge < -0.3 is 5.32 Å². The molecule has 1 saturated heterocycles. The number of nitrogens with one attached hydrogen (secondary N) is 1. The third-order valence-electron chi connectivity index (χ3n) is 4.11. The van der Waals surface area contributed by atoms with Gasteiger partial charge in [-0.05, 0) is 18.1 Å². The van der Waals surface area contributed by atoms with E-state index in [4.69, 9.17) is 0 Å². The molecular formula is C16H17N5O4. The Bertz CT molecular complexity index is 780. The second-order valence-corrected chi connectivity index (χ2v) is 5.95. The first-order valence-electron chi connectivity index (χ1n) is 7.84. The molecule has 0 radical (unpaired) electrons. The van der Waals surface area contributed by atoms with E-state index in [-0.39, 0.29) is 17.4 Å². The molecule has 9 nitrogen and oxygen atoms in total. The number of nitro groups is 2. The predicted octanol–water partition coefficient (Wildman–Crippen LogP) is 2.58. The van der Waals surface area contributed by atoms with Gasteiger partial charge in [-0.1, -0.05) is 12.1 Å². The molecule has 1 aliphatic rings. The van der Waals surface area contributed by atoms with Crippen LogP contribution >= 0.6 is 0 Å². The van der Waals surface area contributed by atoms with Gasteiger partial charge in [0, 0.05) is 43.9 Å². The van der Waals surface area contributed by atoms with Crippen molar-refractivity contribution in [2.24, 2.45) is 0 Å². The maximum Gasteiger partial charge on any atom is 0.287 e. The molecule has 2 heterocycles. The van der Waals surface area contributed by atoms with Crippen molar-refractivity contribution >= 4 is 17.2 Å². The Labute approximate surface area is 143 Å². The highest BCUT2D eigenvalue weighted by Crippen LogP contribution is 2.20. The molecule has 2 aromatic rings. The largest absolute Gasteiger partial charge is 0.366 e. The van der Waals surface area contributed by atoms with Gasteiger partial charge in [0.2, 0.25) is 0 Å². The van der Waals surface area contributed by atoms with E-state index in [0.717, 1.165) is 25.1 Å². The van der Waals surface area contributed by atoms with E-state index < -0.39 is 9.85 Å². The number of anilines is 1. The number of nitrogens with zero attached hydrogens (tertiary/aromatic N) is 4. The lowest BCUT2D eigenvalue weighted by molar-refractivity contribution is -0.385. The van der Waals surface area contributed by atoms with Crippen molar-refractivity contribution in [2.45, 2.75) is 19.0 Å². The maximum atomic E-state index is 10.8. The first-order chi connectivity index (χ1) is 12.0. The quantitative estimate of drug-likeness (QED) is 0.633. The molecule has 9 heteroatoms. The molecule has 0 spiro atoms. The van der Waals surface area contributed by atoms with Gasteiger partial charge in [-0.2, -0.15) is 0 Å². The molecule has 25 heavy (non-hydrogen) atoms. The van der Waals surface area contributed by atoms with E-state index in [2.05, 4.69) is 15.2 Å². The van der Waals surface area contributed by atoms with Gasteiger partial charge in [0.15, 0.2) is 0 Å². The summed E-state index contributed by atoms with van der Waals surface area (Å²) in [6.07, 6.45) is 2.14. The molecule has 0 aliphatic carbocycles. The molecule has 1 atom stereocenters. The highest BCUT2D eigenvalue weighted by molar-refractivity contribution is 5.41. The lowest BCUT2D eigenvalue weighted by Crippen LogP contribution is -2.26. The number of aromatic nitrogens is 1. The van der Waals surface area contributed by atoms with Gasteiger partial charge in [0.05, 0.1) is 9.85 Å². The predicted molar refractivity (Wildman–Crippen MR) is 91.3 cm³/mol. The third kappa shape index (κ3) is 4.27. The van der Waals surface area contributed by atoms with Gasteiger partial charge in [-0.25, -0.2) is 4.98 Å². The smallest absolute Gasteiger partial charge is 0.287 e. The molecule has 130 valence electrons. The molecule has 0 bridgehead atoms. The third-order valence-corrected chi connectivity index (χ3v) is 4.11. The van der Waals surface area contributed by atoms with E-state index in [1.807, 2.05) is 6.07 Å². The van der Waals surface area contributed by atoms with Crippen LogP contribution < -0.4 is 5.32 Å². The van der Waals surface area contributed by atoms with Crippen LogP contribution in [0.1, 0.15) is 12.0 Å². The highest BCUT2D eigenvalue weighted by atomic mass is 16.6. The van der Waals surface area contributed by atoms with E-state index in [1.54, 1.807) is 18.2 Å². The van der Waals surface area contributed by atoms with Crippen LogP contribution in [-0.2, 0) is 6.54 Å². The highest BCUT2D eigenvalue weighted by Gasteiger charge is 2.23. The van der Waals surface area contributed by atoms with Gasteiger partial charge in [-0.15, -0.1) is 0 Å². The fraction of sp³-hybridized carbons (Fsp3) is 0.312. The van der Waals surface area contributed by atoms with Crippen molar-refractivity contribution in [3.63, 3.8) is 0 Å². The Morgan fingerprint density at radius 3 is 2.64 bits per heavy atom. The molecule has 0 amide bonds. The van der Waals surface area contributed by atoms with E-state index in [9.17, 15) is 20.2 Å². The van der Waals surface area contributed by atoms with E-state index in [0.29, 0.717) is 12.4 Å². The summed E-state index contributed by atoms with van der Waals surface area (Å²) in [7, 11) is 0. The topological polar surface area (TPSA) is 114 Å². The average molecular weight is 343 g/mol. The zero-order chi connectivity index (χ0) is 17.8. The summed E-state index contributed by atoms with van der Waals surface area (Å²) in [6, 6.07) is 9.86. The van der Waals surface area contributed by atoms with Gasteiger partial charge in [0.25, 0.3) is 11.4 Å². The molecular weight excluding hydrogens is 326 g/mol. The number of hydrogen-bond donors (Lipinski definition) is 1. The van der Waals surface area contributed by atoms with Crippen molar-refractivity contribution in [1.82, 2.24) is 9.88 Å². The van der Waals surface area contributed by atoms with Crippen molar-refractivity contribution in [3.05, 3.63) is 68.4 Å². The Hall–Kier alpha value is -3.07. The first kappa shape index (κ1) is 16.8. The average Bonchev–Trinajstić information content (AvgIpc) is 3.02. The van der Waals surface area contributed by atoms with Crippen LogP contribution in [0.3, 0.4) is 0 Å². The zero-order valence-electron chi connectivity index (χ0n) is 13.4. The van der Waals surface area contributed by atoms with Gasteiger partial charge in [0.1, 0.15) is 12.0 Å². The molecule has 1 N–H and O–H groups in total. The molecule has 1 aliphatic heterocycles. The Balaban J connectivity index is 1.55. The van der Waals surface area contributed by atoms with Crippen LogP contribution in [0.2, 0.25) is 0 Å². The number of rotatable bonds is 6. The lowest BCUT2D eigenvalue weighted by Gasteiger charge is -2.17. The van der Waals surface area contributed by atoms with Crippen molar-refractivity contribution in [2.75, 3.05) is 18.4 Å². The van der Waals surface area contributed by atoms with Gasteiger partial charge in [-0.3, -0.25) is 25.1 Å². The summed E-state index contributed by atoms with van der Waals surface area (Å²) in [5, 5.41) is 24.7. The van der Waals surface area contributed by atoms with Crippen molar-refractivity contribution in [3.8, 4) is 0 Å². The standard InChI is InChI=1S/C16H17N5O4/c22-20(23)14-3-1-2-12(8-14)10-19-7-6-13(11-19)18-16-5-4-15(9-17-16)21(24)25/h1-5,8-9,13H,6-7,10-11H2,(H,17,18)/t13-/m1/s1. The Kier molecular flexibility index (Phi) is 4.85. The van der Waals surface area contributed by atoms with Crippen LogP contribution in [0.5, 0.6) is 0 Å². The molecule has 1 aromatic heterocycles. The summed E-state index contributed by atoms with van der Waals surface area (Å²) in [4.78, 5) is 26.9. The molecule has 3 rings (SSSR count). The monoisotopic (exact) mass is 343 g/mol. The lowest BCUT2D eigenvalue weighted by atomic mass is 10.2. The van der Waals surface area contributed by atoms with Crippen LogP contribution in [0.25, 0.3) is 0 Å². The minimum absolute atomic E-state index is 0.0377. The normalized spacial score (nSPS) is 17.4. The van der Waals surface area contributed by atoms with Crippen LogP contribution in [0, 0.1) is 20.2 Å². The SMILES string of the molecule is O=[N+]([O-])c1ccc(N[C@@H]2CCN(Cc3cccc([N+](=O)[O-])c3)C2)nc1. The minimum Gasteiger partial charge on any atom is -0.366 e. The molecule has 0 unspecified atom stereocenters. The van der Waals surface area contributed by atoms with Gasteiger partial charge >= 0.3 is 0 Å². The second kappa shape index (κ2) is 7.22. The molecule has 0 saturated carbocycles. The van der Waals surface area contributed by atoms with Crippen LogP contribution in [0.15, 0.2) is 42.6 Å². The van der Waals surface area contributed by atoms with E-state index in [1.165, 1.54) is 18.3 Å². The summed E-state index contributed by atoms with van der Waals surface area (Å²) in [5.74, 6) is 0.604. The summed E-state index contributed by atoms with van der Waals surface area (Å²) in [6.45, 7) is 2.29. The number of hydrogen-bond acceptors (Lipinski definition) is 7. The number of likely N-dealkylation sites (tertiary alicyclic amines) is 1. The molecule has 1 fully saturated rings. The summed E-state index contributed by atoms with van der Waals surface area (Å²) >= 11 is 0. The van der Waals surface area contributed by atoms with Crippen molar-refractivity contribution < 1.29 is 9.85 Å². The minimum atomic E-state index is -0.479. The van der Waals surface area contributed by atoms with Crippen LogP contribution in [0.4, 0.5) is 17.2 Å². The number of non-ortho nitro benzene ring substituents is 1. The van der Waals surface area contributed by atoms with Crippen molar-refractivity contribution in [1.29, 1.82) is 0 Å². The van der Waals surface area contributed by atoms with E-state index >= 15 is 0 Å². The summed E-state index contributed by atoms with van der Waals surface area (Å²) in [5.41, 5.74) is 0.967. The fourth-order valence-electron chi connectivity index (χ4n) is 2.91. The summed E-state index contributed by atoms with van der Waals surface area (Å²) < 4.78 is 0. The second-order valence-electron chi connectivity index (χ2n) is 5.95. The fourth-order valence-corrected chi connectivity index (χ4v) is 2.91. The zero-order valence-corrected chi connectivity index (χ0v) is 13.4. The number of benzene rings is 1. The van der Waals surface area contributed by atoms with Crippen LogP contribution in [-0.4, -0.2) is 38.9 Å². The number of pyridine rings is 1. The Morgan fingerprint density at radius 2 is 1.96 bits per heavy atom. The number of nitro benzene ring substituents is 1. The Morgan fingerprint density at radius 1 is 1.16 bits per heavy atom. The molecule has 1 aromatic carbocycles. The first-order valence-corrected chi connectivity index (χ1v) is 7.84.